The molecule has 0 radical (unpaired) electrons. The average molecular weight is 447 g/mol. The van der Waals surface area contributed by atoms with Crippen LogP contribution in [0.3, 0.4) is 0 Å². The molecule has 1 aliphatic heterocycles. The second-order valence-electron chi connectivity index (χ2n) is 8.70. The molecule has 1 saturated heterocycles. The van der Waals surface area contributed by atoms with Crippen molar-refractivity contribution in [3.8, 4) is 0 Å². The number of amides is 1. The predicted octanol–water partition coefficient (Wildman–Crippen LogP) is 4.43. The van der Waals surface area contributed by atoms with Gasteiger partial charge in [0, 0.05) is 37.7 Å². The van der Waals surface area contributed by atoms with Crippen LogP contribution in [0.2, 0.25) is 0 Å². The zero-order valence-corrected chi connectivity index (χ0v) is 17.9. The van der Waals surface area contributed by atoms with E-state index in [0.717, 1.165) is 24.6 Å². The summed E-state index contributed by atoms with van der Waals surface area (Å²) in [4.78, 5) is 19.1. The highest BCUT2D eigenvalue weighted by molar-refractivity contribution is 5.93. The summed E-state index contributed by atoms with van der Waals surface area (Å²) in [6.07, 6.45) is -0.731. The molecule has 0 spiro atoms. The second kappa shape index (κ2) is 7.60. The molecule has 10 heteroatoms. The van der Waals surface area contributed by atoms with Crippen molar-refractivity contribution in [2.45, 2.75) is 57.0 Å². The predicted molar refractivity (Wildman–Crippen MR) is 109 cm³/mol. The Morgan fingerprint density at radius 1 is 1.22 bits per heavy atom. The van der Waals surface area contributed by atoms with Crippen LogP contribution in [0.5, 0.6) is 0 Å². The summed E-state index contributed by atoms with van der Waals surface area (Å²) in [6, 6.07) is 2.91. The molecule has 1 aliphatic carbocycles. The molecule has 1 saturated carbocycles. The van der Waals surface area contributed by atoms with Crippen LogP contribution in [0.25, 0.3) is 11.1 Å². The highest BCUT2D eigenvalue weighted by Crippen LogP contribution is 2.41. The van der Waals surface area contributed by atoms with E-state index in [4.69, 9.17) is 4.52 Å². The molecular formula is C22H24F3N5O2. The summed E-state index contributed by atoms with van der Waals surface area (Å²) in [7, 11) is 1.75. The minimum absolute atomic E-state index is 0.0921. The topological polar surface area (TPSA) is 77.0 Å². The Morgan fingerprint density at radius 2 is 2.00 bits per heavy atom. The number of rotatable bonds is 4. The van der Waals surface area contributed by atoms with Crippen LogP contribution in [0.1, 0.15) is 77.6 Å². The van der Waals surface area contributed by atoms with Gasteiger partial charge in [-0.3, -0.25) is 9.48 Å². The van der Waals surface area contributed by atoms with E-state index in [1.807, 2.05) is 6.07 Å². The maximum absolute atomic E-state index is 13.8. The molecule has 4 heterocycles. The molecule has 0 bridgehead atoms. The summed E-state index contributed by atoms with van der Waals surface area (Å²) in [5.74, 6) is -0.0908. The number of pyridine rings is 1. The van der Waals surface area contributed by atoms with Crippen LogP contribution in [-0.4, -0.2) is 43.8 Å². The molecule has 2 fully saturated rings. The molecule has 5 rings (SSSR count). The first-order chi connectivity index (χ1) is 15.3. The SMILES string of the molecule is CCc1cc(C(F)(F)F)c2c(C3CCCN(C(=O)c4cc(C5CC5)nn4C)C3)noc2n1. The molecule has 1 amide bonds. The third-order valence-corrected chi connectivity index (χ3v) is 6.40. The van der Waals surface area contributed by atoms with E-state index < -0.39 is 11.7 Å². The van der Waals surface area contributed by atoms with E-state index in [1.165, 1.54) is 0 Å². The van der Waals surface area contributed by atoms with E-state index in [2.05, 4.69) is 15.2 Å². The van der Waals surface area contributed by atoms with Gasteiger partial charge in [0.1, 0.15) is 5.69 Å². The molecule has 32 heavy (non-hydrogen) atoms. The van der Waals surface area contributed by atoms with Crippen LogP contribution in [0.4, 0.5) is 13.2 Å². The number of aromatic nitrogens is 4. The van der Waals surface area contributed by atoms with Gasteiger partial charge in [0.2, 0.25) is 0 Å². The second-order valence-corrected chi connectivity index (χ2v) is 8.70. The van der Waals surface area contributed by atoms with Gasteiger partial charge in [-0.2, -0.15) is 18.3 Å². The Morgan fingerprint density at radius 3 is 2.69 bits per heavy atom. The number of hydrogen-bond acceptors (Lipinski definition) is 5. The maximum Gasteiger partial charge on any atom is 0.417 e. The fourth-order valence-corrected chi connectivity index (χ4v) is 4.52. The molecule has 2 aliphatic rings. The van der Waals surface area contributed by atoms with Gasteiger partial charge < -0.3 is 9.42 Å². The van der Waals surface area contributed by atoms with Gasteiger partial charge in [-0.15, -0.1) is 0 Å². The van der Waals surface area contributed by atoms with Crippen molar-refractivity contribution in [1.82, 2.24) is 24.8 Å². The largest absolute Gasteiger partial charge is 0.417 e. The van der Waals surface area contributed by atoms with Gasteiger partial charge in [0.05, 0.1) is 22.3 Å². The fourth-order valence-electron chi connectivity index (χ4n) is 4.52. The normalized spacial score (nSPS) is 19.7. The smallest absolute Gasteiger partial charge is 0.337 e. The Bertz CT molecular complexity index is 1180. The first-order valence-corrected chi connectivity index (χ1v) is 11.0. The third kappa shape index (κ3) is 3.65. The van der Waals surface area contributed by atoms with Gasteiger partial charge in [-0.25, -0.2) is 4.98 Å². The quantitative estimate of drug-likeness (QED) is 0.591. The van der Waals surface area contributed by atoms with Gasteiger partial charge in [-0.05, 0) is 44.2 Å². The first-order valence-electron chi connectivity index (χ1n) is 11.0. The van der Waals surface area contributed by atoms with Crippen molar-refractivity contribution in [3.05, 3.63) is 40.5 Å². The van der Waals surface area contributed by atoms with Crippen LogP contribution in [-0.2, 0) is 19.6 Å². The van der Waals surface area contributed by atoms with Gasteiger partial charge >= 0.3 is 6.18 Å². The molecule has 3 aromatic rings. The van der Waals surface area contributed by atoms with E-state index in [0.29, 0.717) is 43.1 Å². The number of fused-ring (bicyclic) bond motifs is 1. The van der Waals surface area contributed by atoms with E-state index in [-0.39, 0.29) is 35.2 Å². The number of carbonyl (C=O) groups is 1. The lowest BCUT2D eigenvalue weighted by Crippen LogP contribution is -2.40. The Labute approximate surface area is 182 Å². The third-order valence-electron chi connectivity index (χ3n) is 6.40. The number of aryl methyl sites for hydroxylation is 2. The fraction of sp³-hybridized carbons (Fsp3) is 0.545. The van der Waals surface area contributed by atoms with Crippen LogP contribution in [0, 0.1) is 0 Å². The zero-order chi connectivity index (χ0) is 22.6. The number of alkyl halides is 3. The van der Waals surface area contributed by atoms with Crippen LogP contribution in [0.15, 0.2) is 16.7 Å². The van der Waals surface area contributed by atoms with E-state index >= 15 is 0 Å². The van der Waals surface area contributed by atoms with Crippen LogP contribution < -0.4 is 0 Å². The number of nitrogens with zero attached hydrogens (tertiary/aromatic N) is 5. The zero-order valence-electron chi connectivity index (χ0n) is 17.9. The molecule has 1 atom stereocenters. The van der Waals surface area contributed by atoms with Crippen molar-refractivity contribution in [2.24, 2.45) is 7.05 Å². The molecule has 3 aromatic heterocycles. The number of carbonyl (C=O) groups excluding carboxylic acids is 1. The lowest BCUT2D eigenvalue weighted by atomic mass is 9.91. The Kier molecular flexibility index (Phi) is 4.98. The lowest BCUT2D eigenvalue weighted by molar-refractivity contribution is -0.136. The van der Waals surface area contributed by atoms with Crippen molar-refractivity contribution < 1.29 is 22.5 Å². The number of piperidine rings is 1. The van der Waals surface area contributed by atoms with Crippen molar-refractivity contribution in [1.29, 1.82) is 0 Å². The number of halogens is 3. The van der Waals surface area contributed by atoms with Crippen LogP contribution >= 0.6 is 0 Å². The summed E-state index contributed by atoms with van der Waals surface area (Å²) in [5, 5.41) is 8.36. The Hall–Kier alpha value is -2.91. The summed E-state index contributed by atoms with van der Waals surface area (Å²) in [5.41, 5.74) is 1.08. The number of likely N-dealkylation sites (tertiary alicyclic amines) is 1. The molecular weight excluding hydrogens is 423 g/mol. The monoisotopic (exact) mass is 447 g/mol. The minimum atomic E-state index is -4.55. The lowest BCUT2D eigenvalue weighted by Gasteiger charge is -2.32. The first kappa shape index (κ1) is 21.0. The minimum Gasteiger partial charge on any atom is -0.337 e. The Balaban J connectivity index is 1.46. The van der Waals surface area contributed by atoms with Gasteiger partial charge in [-0.1, -0.05) is 12.1 Å². The molecule has 1 unspecified atom stereocenters. The van der Waals surface area contributed by atoms with E-state index in [9.17, 15) is 18.0 Å². The van der Waals surface area contributed by atoms with Crippen molar-refractivity contribution in [2.75, 3.05) is 13.1 Å². The summed E-state index contributed by atoms with van der Waals surface area (Å²) < 4.78 is 48.3. The number of hydrogen-bond donors (Lipinski definition) is 0. The highest BCUT2D eigenvalue weighted by Gasteiger charge is 2.38. The molecule has 0 aromatic carbocycles. The molecule has 7 nitrogen and oxygen atoms in total. The molecule has 170 valence electrons. The van der Waals surface area contributed by atoms with Gasteiger partial charge in [0.25, 0.3) is 11.6 Å². The summed E-state index contributed by atoms with van der Waals surface area (Å²) >= 11 is 0. The summed E-state index contributed by atoms with van der Waals surface area (Å²) in [6.45, 7) is 2.56. The van der Waals surface area contributed by atoms with Crippen molar-refractivity contribution >= 4 is 17.0 Å². The molecule has 0 N–H and O–H groups in total. The van der Waals surface area contributed by atoms with Crippen molar-refractivity contribution in [3.63, 3.8) is 0 Å². The maximum atomic E-state index is 13.8. The highest BCUT2D eigenvalue weighted by atomic mass is 19.4. The van der Waals surface area contributed by atoms with Gasteiger partial charge in [0.15, 0.2) is 0 Å². The average Bonchev–Trinajstić information content (AvgIpc) is 3.42. The van der Waals surface area contributed by atoms with E-state index in [1.54, 1.807) is 23.6 Å². The standard InChI is InChI=1S/C22H24F3N5O2/c1-3-14-9-15(22(23,24)25)18-19(28-32-20(18)26-14)13-5-4-8-30(11-13)21(31)17-10-16(12-6-7-12)27-29(17)2/h9-10,12-13H,3-8,11H2,1-2H3.